The molecule has 0 aliphatic heterocycles. The van der Waals surface area contributed by atoms with Gasteiger partial charge in [0.1, 0.15) is 0 Å². The highest BCUT2D eigenvalue weighted by Crippen LogP contribution is 2.21. The molecule has 0 spiro atoms. The molecule has 2 nitrogen and oxygen atoms in total. The van der Waals surface area contributed by atoms with E-state index in [9.17, 15) is 0 Å². The number of hydrogen-bond donors (Lipinski definition) is 0. The van der Waals surface area contributed by atoms with Crippen LogP contribution in [-0.4, -0.2) is 24.4 Å². The summed E-state index contributed by atoms with van der Waals surface area (Å²) in [6.07, 6.45) is 30.3. The van der Waals surface area contributed by atoms with Crippen LogP contribution in [0.15, 0.2) is 0 Å². The fourth-order valence-electron chi connectivity index (χ4n) is 4.83. The predicted octanol–water partition coefficient (Wildman–Crippen LogP) is 11.2. The van der Waals surface area contributed by atoms with Gasteiger partial charge in [-0.15, -0.1) is 0 Å². The lowest BCUT2D eigenvalue weighted by Gasteiger charge is -2.25. The molecule has 0 saturated heterocycles. The van der Waals surface area contributed by atoms with Gasteiger partial charge in [-0.25, -0.2) is 0 Å². The van der Waals surface area contributed by atoms with E-state index in [1.54, 1.807) is 0 Å². The van der Waals surface area contributed by atoms with Gasteiger partial charge in [0.2, 0.25) is 0 Å². The van der Waals surface area contributed by atoms with Gasteiger partial charge in [-0.05, 0) is 53.4 Å². The van der Waals surface area contributed by atoms with E-state index in [-0.39, 0.29) is 11.2 Å². The Morgan fingerprint density at radius 2 is 0.559 bits per heavy atom. The molecule has 0 amide bonds. The summed E-state index contributed by atoms with van der Waals surface area (Å²) < 4.78 is 11.9. The fourth-order valence-corrected chi connectivity index (χ4v) is 4.83. The second kappa shape index (κ2) is 23.3. The van der Waals surface area contributed by atoms with E-state index in [4.69, 9.17) is 9.47 Å². The van der Waals surface area contributed by atoms with Crippen LogP contribution in [0, 0.1) is 0 Å². The molecule has 206 valence electrons. The molecule has 0 heterocycles. The predicted molar refractivity (Wildman–Crippen MR) is 153 cm³/mol. The summed E-state index contributed by atoms with van der Waals surface area (Å²) in [4.78, 5) is 0. The van der Waals surface area contributed by atoms with Crippen molar-refractivity contribution in [2.75, 3.05) is 13.2 Å². The van der Waals surface area contributed by atoms with Crippen LogP contribution in [0.3, 0.4) is 0 Å². The van der Waals surface area contributed by atoms with E-state index in [1.165, 1.54) is 128 Å². The Labute approximate surface area is 216 Å². The van der Waals surface area contributed by atoms with Crippen molar-refractivity contribution in [2.24, 2.45) is 0 Å². The maximum absolute atomic E-state index is 5.93. The van der Waals surface area contributed by atoms with Gasteiger partial charge in [-0.1, -0.05) is 129 Å². The van der Waals surface area contributed by atoms with E-state index < -0.39 is 0 Å². The third-order valence-corrected chi connectivity index (χ3v) is 7.20. The first kappa shape index (κ1) is 33.9. The maximum Gasteiger partial charge on any atom is 0.0626 e. The first-order valence-electron chi connectivity index (χ1n) is 15.6. The van der Waals surface area contributed by atoms with E-state index in [0.717, 1.165) is 26.1 Å². The zero-order valence-electron chi connectivity index (χ0n) is 24.8. The monoisotopic (exact) mass is 483 g/mol. The van der Waals surface area contributed by atoms with E-state index in [0.29, 0.717) is 0 Å². The van der Waals surface area contributed by atoms with Crippen LogP contribution in [0.2, 0.25) is 0 Å². The highest BCUT2D eigenvalue weighted by molar-refractivity contribution is 4.69. The van der Waals surface area contributed by atoms with Crippen molar-refractivity contribution in [1.29, 1.82) is 0 Å². The third kappa shape index (κ3) is 25.0. The van der Waals surface area contributed by atoms with E-state index in [2.05, 4.69) is 41.5 Å². The molecule has 0 aliphatic carbocycles. The zero-order valence-corrected chi connectivity index (χ0v) is 24.8. The molecule has 0 aromatic carbocycles. The smallest absolute Gasteiger partial charge is 0.0626 e. The Morgan fingerprint density at radius 1 is 0.353 bits per heavy atom. The molecule has 2 heteroatoms. The molecule has 0 fully saturated rings. The van der Waals surface area contributed by atoms with Crippen LogP contribution >= 0.6 is 0 Å². The van der Waals surface area contributed by atoms with E-state index >= 15 is 0 Å². The van der Waals surface area contributed by atoms with Crippen molar-refractivity contribution in [3.8, 4) is 0 Å². The Kier molecular flexibility index (Phi) is 23.3. The van der Waals surface area contributed by atoms with Crippen LogP contribution in [0.25, 0.3) is 0 Å². The summed E-state index contributed by atoms with van der Waals surface area (Å²) in [5, 5.41) is 0. The minimum atomic E-state index is 0.0805. The summed E-state index contributed by atoms with van der Waals surface area (Å²) in [7, 11) is 0. The van der Waals surface area contributed by atoms with Gasteiger partial charge in [-0.2, -0.15) is 0 Å². The molecule has 0 bridgehead atoms. The molecule has 0 unspecified atom stereocenters. The summed E-state index contributed by atoms with van der Waals surface area (Å²) >= 11 is 0. The summed E-state index contributed by atoms with van der Waals surface area (Å²) in [6, 6.07) is 0. The van der Waals surface area contributed by atoms with Gasteiger partial charge >= 0.3 is 0 Å². The largest absolute Gasteiger partial charge is 0.376 e. The summed E-state index contributed by atoms with van der Waals surface area (Å²) in [5.74, 6) is 0. The number of hydrogen-bond acceptors (Lipinski definition) is 2. The van der Waals surface area contributed by atoms with Gasteiger partial charge in [0.05, 0.1) is 11.2 Å². The Balaban J connectivity index is 3.22. The van der Waals surface area contributed by atoms with Crippen LogP contribution < -0.4 is 0 Å². The number of rotatable bonds is 27. The lowest BCUT2D eigenvalue weighted by molar-refractivity contribution is -0.0249. The highest BCUT2D eigenvalue weighted by atomic mass is 16.5. The SMILES string of the molecule is CCCOC(C)(C)CCCCCCCCCCCCCCCCCCCCC(C)(C)OCCC. The lowest BCUT2D eigenvalue weighted by Crippen LogP contribution is -2.24. The fraction of sp³-hybridized carbons (Fsp3) is 1.00. The van der Waals surface area contributed by atoms with Crippen LogP contribution in [0.4, 0.5) is 0 Å². The maximum atomic E-state index is 5.93. The first-order chi connectivity index (χ1) is 16.3. The molecule has 0 aromatic rings. The second-order valence-electron chi connectivity index (χ2n) is 12.1. The van der Waals surface area contributed by atoms with Crippen molar-refractivity contribution in [2.45, 2.75) is 194 Å². The zero-order chi connectivity index (χ0) is 25.4. The van der Waals surface area contributed by atoms with Gasteiger partial charge < -0.3 is 9.47 Å². The average Bonchev–Trinajstić information content (AvgIpc) is 2.80. The number of unbranched alkanes of at least 4 members (excludes halogenated alkanes) is 17. The van der Waals surface area contributed by atoms with Crippen molar-refractivity contribution in [3.05, 3.63) is 0 Å². The molecule has 34 heavy (non-hydrogen) atoms. The molecule has 0 radical (unpaired) electrons. The molecule has 0 rings (SSSR count). The Hall–Kier alpha value is -0.0800. The van der Waals surface area contributed by atoms with Gasteiger partial charge in [0, 0.05) is 13.2 Å². The standard InChI is InChI=1S/C32H66O2/c1-7-29-33-31(3,4)27-25-23-21-19-17-15-13-11-9-10-12-14-16-18-20-22-24-26-28-32(5,6)34-30-8-2/h7-30H2,1-6H3. The average molecular weight is 483 g/mol. The summed E-state index contributed by atoms with van der Waals surface area (Å²) in [6.45, 7) is 15.2. The third-order valence-electron chi connectivity index (χ3n) is 7.20. The first-order valence-corrected chi connectivity index (χ1v) is 15.6. The molecule has 0 N–H and O–H groups in total. The van der Waals surface area contributed by atoms with Crippen LogP contribution in [0.5, 0.6) is 0 Å². The van der Waals surface area contributed by atoms with Crippen molar-refractivity contribution in [1.82, 2.24) is 0 Å². The quantitative estimate of drug-likeness (QED) is 0.108. The Morgan fingerprint density at radius 3 is 0.765 bits per heavy atom. The van der Waals surface area contributed by atoms with Crippen LogP contribution in [-0.2, 0) is 9.47 Å². The molecule has 0 aliphatic rings. The summed E-state index contributed by atoms with van der Waals surface area (Å²) in [5.41, 5.74) is 0.161. The minimum Gasteiger partial charge on any atom is -0.376 e. The molecular formula is C32H66O2. The number of ether oxygens (including phenoxy) is 2. The highest BCUT2D eigenvalue weighted by Gasteiger charge is 2.17. The van der Waals surface area contributed by atoms with Crippen molar-refractivity contribution >= 4 is 0 Å². The van der Waals surface area contributed by atoms with Gasteiger partial charge in [0.25, 0.3) is 0 Å². The Bertz CT molecular complexity index is 364. The van der Waals surface area contributed by atoms with Gasteiger partial charge in [0.15, 0.2) is 0 Å². The van der Waals surface area contributed by atoms with Crippen molar-refractivity contribution in [3.63, 3.8) is 0 Å². The van der Waals surface area contributed by atoms with Gasteiger partial charge in [-0.3, -0.25) is 0 Å². The van der Waals surface area contributed by atoms with Crippen LogP contribution in [0.1, 0.15) is 183 Å². The molecule has 0 atom stereocenters. The van der Waals surface area contributed by atoms with E-state index in [1.807, 2.05) is 0 Å². The lowest BCUT2D eigenvalue weighted by atomic mass is 9.98. The second-order valence-corrected chi connectivity index (χ2v) is 12.1. The van der Waals surface area contributed by atoms with Crippen molar-refractivity contribution < 1.29 is 9.47 Å². The minimum absolute atomic E-state index is 0.0805. The molecule has 0 aromatic heterocycles. The topological polar surface area (TPSA) is 18.5 Å². The molecule has 0 saturated carbocycles. The molecular weight excluding hydrogens is 416 g/mol. The normalized spacial score (nSPS) is 12.5.